The maximum Gasteiger partial charge on any atom is 0.422 e. The van der Waals surface area contributed by atoms with E-state index in [0.29, 0.717) is 16.8 Å². The maximum atomic E-state index is 12.7. The average molecular weight is 433 g/mol. The number of carbonyl (C=O) groups is 1. The second-order valence-electron chi connectivity index (χ2n) is 7.04. The fourth-order valence-corrected chi connectivity index (χ4v) is 3.71. The lowest BCUT2D eigenvalue weighted by atomic mass is 9.73. The first-order valence-electron chi connectivity index (χ1n) is 9.22. The summed E-state index contributed by atoms with van der Waals surface area (Å²) in [7, 11) is 0. The molecule has 0 spiro atoms. The van der Waals surface area contributed by atoms with Crippen molar-refractivity contribution in [3.8, 4) is 0 Å². The van der Waals surface area contributed by atoms with E-state index in [1.54, 1.807) is 37.5 Å². The zero-order valence-corrected chi connectivity index (χ0v) is 16.6. The van der Waals surface area contributed by atoms with Gasteiger partial charge in [0.05, 0.1) is 10.5 Å². The van der Waals surface area contributed by atoms with E-state index in [-0.39, 0.29) is 17.0 Å². The van der Waals surface area contributed by atoms with Crippen molar-refractivity contribution in [2.45, 2.75) is 31.9 Å². The Labute approximate surface area is 175 Å². The van der Waals surface area contributed by atoms with Crippen molar-refractivity contribution in [1.82, 2.24) is 4.98 Å². The van der Waals surface area contributed by atoms with Crippen molar-refractivity contribution in [1.29, 1.82) is 0 Å². The predicted octanol–water partition coefficient (Wildman–Crippen LogP) is 4.71. The molecule has 2 unspecified atom stereocenters. The van der Waals surface area contributed by atoms with Gasteiger partial charge >= 0.3 is 12.1 Å². The molecule has 7 nitrogen and oxygen atoms in total. The molecule has 0 N–H and O–H groups in total. The van der Waals surface area contributed by atoms with Crippen molar-refractivity contribution >= 4 is 17.4 Å². The van der Waals surface area contributed by atoms with E-state index in [2.05, 4.69) is 14.7 Å². The summed E-state index contributed by atoms with van der Waals surface area (Å²) in [6.07, 6.45) is -1.57. The van der Waals surface area contributed by atoms with E-state index < -0.39 is 35.5 Å². The van der Waals surface area contributed by atoms with Gasteiger partial charge < -0.3 is 4.74 Å². The van der Waals surface area contributed by atoms with Crippen molar-refractivity contribution in [2.24, 2.45) is 4.99 Å². The summed E-state index contributed by atoms with van der Waals surface area (Å²) in [6.45, 7) is 1.48. The maximum absolute atomic E-state index is 12.7. The molecule has 2 heterocycles. The van der Waals surface area contributed by atoms with Gasteiger partial charge in [0.15, 0.2) is 6.61 Å². The van der Waals surface area contributed by atoms with Crippen LogP contribution < -0.4 is 0 Å². The van der Waals surface area contributed by atoms with Gasteiger partial charge in [0.25, 0.3) is 5.69 Å². The Morgan fingerprint density at radius 2 is 1.87 bits per heavy atom. The highest BCUT2D eigenvalue weighted by molar-refractivity contribution is 5.99. The van der Waals surface area contributed by atoms with Crippen LogP contribution in [0, 0.1) is 10.1 Å². The van der Waals surface area contributed by atoms with Crippen LogP contribution in [0.25, 0.3) is 0 Å². The number of benzene rings is 1. The molecule has 162 valence electrons. The van der Waals surface area contributed by atoms with E-state index in [1.165, 1.54) is 25.1 Å². The number of rotatable bonds is 5. The van der Waals surface area contributed by atoms with E-state index in [1.807, 2.05) is 0 Å². The van der Waals surface area contributed by atoms with Gasteiger partial charge in [-0.25, -0.2) is 4.79 Å². The third kappa shape index (κ3) is 4.96. The van der Waals surface area contributed by atoms with Crippen LogP contribution in [-0.4, -0.2) is 34.4 Å². The molecule has 0 fully saturated rings. The molecule has 1 aromatic heterocycles. The second-order valence-corrected chi connectivity index (χ2v) is 7.04. The van der Waals surface area contributed by atoms with Gasteiger partial charge in [-0.3, -0.25) is 20.1 Å². The van der Waals surface area contributed by atoms with Gasteiger partial charge in [-0.1, -0.05) is 18.2 Å². The molecule has 2 atom stereocenters. The monoisotopic (exact) mass is 433 g/mol. The summed E-state index contributed by atoms with van der Waals surface area (Å²) in [5, 5.41) is 11.3. The largest absolute Gasteiger partial charge is 0.453 e. The third-order valence-electron chi connectivity index (χ3n) is 4.90. The number of nitro groups is 1. The Hall–Kier alpha value is -3.56. The number of nitrogens with zero attached hydrogens (tertiary/aromatic N) is 3. The molecule has 0 saturated heterocycles. The zero-order valence-electron chi connectivity index (χ0n) is 16.6. The number of esters is 1. The Bertz CT molecular complexity index is 1070. The lowest BCUT2D eigenvalue weighted by molar-refractivity contribution is -0.384. The summed E-state index contributed by atoms with van der Waals surface area (Å²) < 4.78 is 42.5. The van der Waals surface area contributed by atoms with E-state index in [0.717, 1.165) is 0 Å². The van der Waals surface area contributed by atoms with Crippen molar-refractivity contribution in [2.75, 3.05) is 6.61 Å². The van der Waals surface area contributed by atoms with Crippen LogP contribution in [0.5, 0.6) is 0 Å². The molecule has 0 radical (unpaired) electrons. The molecule has 0 aliphatic carbocycles. The van der Waals surface area contributed by atoms with E-state index >= 15 is 0 Å². The summed E-state index contributed by atoms with van der Waals surface area (Å²) >= 11 is 0. The standard InChI is InChI=1S/C21H18F3N3O4/c1-12-17(15-6-4-8-25-10-15)19(14-5-3-7-16(9-14)27(29)30)18(13(2)26-12)20(28)31-11-21(22,23)24/h3-10,17,19H,11H2,1-2H3. The van der Waals surface area contributed by atoms with Gasteiger partial charge in [-0.05, 0) is 31.0 Å². The van der Waals surface area contributed by atoms with Crippen molar-refractivity contribution in [3.63, 3.8) is 0 Å². The summed E-state index contributed by atoms with van der Waals surface area (Å²) in [5.41, 5.74) is 1.55. The number of non-ortho nitro benzene ring substituents is 1. The predicted molar refractivity (Wildman–Crippen MR) is 106 cm³/mol. The normalized spacial score (nSPS) is 19.1. The first-order chi connectivity index (χ1) is 14.6. The number of hydrogen-bond acceptors (Lipinski definition) is 6. The minimum atomic E-state index is -4.69. The number of ether oxygens (including phenoxy) is 1. The number of nitro benzene ring substituents is 1. The Balaban J connectivity index is 2.16. The molecular weight excluding hydrogens is 415 g/mol. The molecule has 0 saturated carbocycles. The van der Waals surface area contributed by atoms with Gasteiger partial charge in [0, 0.05) is 47.8 Å². The summed E-state index contributed by atoms with van der Waals surface area (Å²) in [4.78, 5) is 31.9. The fraction of sp³-hybridized carbons (Fsp3) is 0.286. The van der Waals surface area contributed by atoms with Crippen LogP contribution in [0.3, 0.4) is 0 Å². The van der Waals surface area contributed by atoms with Gasteiger partial charge in [0.2, 0.25) is 0 Å². The number of carbonyl (C=O) groups excluding carboxylic acids is 1. The highest BCUT2D eigenvalue weighted by Crippen LogP contribution is 2.45. The highest BCUT2D eigenvalue weighted by atomic mass is 19.4. The summed E-state index contributed by atoms with van der Waals surface area (Å²) in [5.74, 6) is -2.59. The molecule has 0 amide bonds. The molecule has 1 aliphatic rings. The number of aliphatic imine (C=N–C) groups is 1. The fourth-order valence-electron chi connectivity index (χ4n) is 3.71. The van der Waals surface area contributed by atoms with E-state index in [4.69, 9.17) is 0 Å². The molecule has 2 aromatic rings. The van der Waals surface area contributed by atoms with Crippen LogP contribution in [-0.2, 0) is 9.53 Å². The van der Waals surface area contributed by atoms with Crippen LogP contribution in [0.2, 0.25) is 0 Å². The molecule has 1 aromatic carbocycles. The highest BCUT2D eigenvalue weighted by Gasteiger charge is 2.40. The number of aromatic nitrogens is 1. The van der Waals surface area contributed by atoms with Gasteiger partial charge in [-0.2, -0.15) is 13.2 Å². The lowest BCUT2D eigenvalue weighted by Crippen LogP contribution is -2.30. The minimum Gasteiger partial charge on any atom is -0.453 e. The van der Waals surface area contributed by atoms with Crippen LogP contribution >= 0.6 is 0 Å². The summed E-state index contributed by atoms with van der Waals surface area (Å²) in [6, 6.07) is 9.08. The molecular formula is C21H18F3N3O4. The molecule has 0 bridgehead atoms. The topological polar surface area (TPSA) is 94.7 Å². The lowest BCUT2D eigenvalue weighted by Gasteiger charge is -2.33. The Morgan fingerprint density at radius 3 is 2.48 bits per heavy atom. The van der Waals surface area contributed by atoms with Crippen molar-refractivity contribution < 1.29 is 27.6 Å². The number of allylic oxidation sites excluding steroid dienone is 1. The quantitative estimate of drug-likeness (QED) is 0.387. The first kappa shape index (κ1) is 22.1. The van der Waals surface area contributed by atoms with Crippen molar-refractivity contribution in [3.05, 3.63) is 81.3 Å². The third-order valence-corrected chi connectivity index (χ3v) is 4.90. The smallest absolute Gasteiger partial charge is 0.422 e. The van der Waals surface area contributed by atoms with Gasteiger partial charge in [0.1, 0.15) is 0 Å². The SMILES string of the molecule is CC1=NC(C)=C(C(=O)OCC(F)(F)F)C(c2cccc([N+](=O)[O-])c2)C1c1cccnc1. The Morgan fingerprint density at radius 1 is 1.16 bits per heavy atom. The van der Waals surface area contributed by atoms with Crippen LogP contribution in [0.15, 0.2) is 65.1 Å². The van der Waals surface area contributed by atoms with E-state index in [9.17, 15) is 28.1 Å². The van der Waals surface area contributed by atoms with Gasteiger partial charge in [-0.15, -0.1) is 0 Å². The van der Waals surface area contributed by atoms with Crippen LogP contribution in [0.1, 0.15) is 36.8 Å². The number of alkyl halides is 3. The second kappa shape index (κ2) is 8.66. The first-order valence-corrected chi connectivity index (χ1v) is 9.22. The molecule has 31 heavy (non-hydrogen) atoms. The number of pyridine rings is 1. The van der Waals surface area contributed by atoms with Crippen LogP contribution in [0.4, 0.5) is 18.9 Å². The minimum absolute atomic E-state index is 0.0794. The zero-order chi connectivity index (χ0) is 22.8. The number of hydrogen-bond donors (Lipinski definition) is 0. The molecule has 3 rings (SSSR count). The average Bonchev–Trinajstić information content (AvgIpc) is 2.71. The number of halogens is 3. The molecule has 1 aliphatic heterocycles. The molecule has 10 heteroatoms. The Kier molecular flexibility index (Phi) is 6.19.